The van der Waals surface area contributed by atoms with Gasteiger partial charge in [0.05, 0.1) is 6.04 Å². The minimum atomic E-state index is -0.00545. The average molecular weight is 240 g/mol. The summed E-state index contributed by atoms with van der Waals surface area (Å²) in [4.78, 5) is 14.3. The first-order chi connectivity index (χ1) is 8.83. The fourth-order valence-electron chi connectivity index (χ4n) is 2.59. The molecule has 1 unspecified atom stereocenters. The maximum absolute atomic E-state index is 11.3. The minimum absolute atomic E-state index is 0.00545. The highest BCUT2D eigenvalue weighted by atomic mass is 16.1. The van der Waals surface area contributed by atoms with E-state index in [4.69, 9.17) is 0 Å². The highest BCUT2D eigenvalue weighted by Crippen LogP contribution is 2.30. The number of aryl methyl sites for hydroxylation is 1. The van der Waals surface area contributed by atoms with Gasteiger partial charge < -0.3 is 10.3 Å². The molecule has 3 nitrogen and oxygen atoms in total. The molecule has 2 N–H and O–H groups in total. The summed E-state index contributed by atoms with van der Waals surface area (Å²) in [6.45, 7) is 0. The maximum Gasteiger partial charge on any atom is 0.248 e. The van der Waals surface area contributed by atoms with Crippen molar-refractivity contribution in [2.45, 2.75) is 25.3 Å². The number of aromatic nitrogens is 1. The number of H-pyrrole nitrogens is 1. The largest absolute Gasteiger partial charge is 0.378 e. The van der Waals surface area contributed by atoms with E-state index in [1.807, 2.05) is 24.3 Å². The molecule has 92 valence electrons. The van der Waals surface area contributed by atoms with Gasteiger partial charge in [-0.05, 0) is 43.0 Å². The number of pyridine rings is 1. The van der Waals surface area contributed by atoms with E-state index < -0.39 is 0 Å². The summed E-state index contributed by atoms with van der Waals surface area (Å²) >= 11 is 0. The lowest BCUT2D eigenvalue weighted by atomic mass is 9.91. The van der Waals surface area contributed by atoms with Crippen LogP contribution < -0.4 is 10.9 Å². The minimum Gasteiger partial charge on any atom is -0.378 e. The molecule has 1 atom stereocenters. The number of nitrogens with one attached hydrogen (secondary N) is 2. The summed E-state index contributed by atoms with van der Waals surface area (Å²) in [7, 11) is 0. The van der Waals surface area contributed by atoms with E-state index in [-0.39, 0.29) is 5.56 Å². The summed E-state index contributed by atoms with van der Waals surface area (Å²) < 4.78 is 0. The van der Waals surface area contributed by atoms with E-state index in [1.54, 1.807) is 6.07 Å². The number of hydrogen-bond donors (Lipinski definition) is 2. The predicted octanol–water partition coefficient (Wildman–Crippen LogP) is 2.86. The number of aromatic amines is 1. The lowest BCUT2D eigenvalue weighted by molar-refractivity contribution is 0.587. The molecule has 0 fully saturated rings. The van der Waals surface area contributed by atoms with Crippen LogP contribution in [0.2, 0.25) is 0 Å². The molecule has 0 saturated carbocycles. The van der Waals surface area contributed by atoms with Crippen LogP contribution in [0.4, 0.5) is 5.69 Å². The zero-order valence-corrected chi connectivity index (χ0v) is 10.1. The van der Waals surface area contributed by atoms with Gasteiger partial charge in [0.1, 0.15) is 0 Å². The molecular weight excluding hydrogens is 224 g/mol. The Morgan fingerprint density at radius 1 is 1.11 bits per heavy atom. The van der Waals surface area contributed by atoms with Gasteiger partial charge in [0.25, 0.3) is 0 Å². The molecule has 0 saturated heterocycles. The van der Waals surface area contributed by atoms with Crippen LogP contribution in [-0.2, 0) is 6.42 Å². The smallest absolute Gasteiger partial charge is 0.248 e. The zero-order valence-electron chi connectivity index (χ0n) is 10.1. The number of hydrogen-bond acceptors (Lipinski definition) is 2. The van der Waals surface area contributed by atoms with E-state index in [2.05, 4.69) is 22.4 Å². The molecule has 1 aromatic heterocycles. The van der Waals surface area contributed by atoms with Crippen molar-refractivity contribution < 1.29 is 0 Å². The summed E-state index contributed by atoms with van der Waals surface area (Å²) in [5.74, 6) is 0. The lowest BCUT2D eigenvalue weighted by Crippen LogP contribution is -2.21. The normalized spacial score (nSPS) is 18.1. The maximum atomic E-state index is 11.3. The van der Waals surface area contributed by atoms with Crippen LogP contribution in [0.3, 0.4) is 0 Å². The van der Waals surface area contributed by atoms with E-state index in [9.17, 15) is 4.79 Å². The van der Waals surface area contributed by atoms with E-state index in [0.717, 1.165) is 30.6 Å². The van der Waals surface area contributed by atoms with Gasteiger partial charge >= 0.3 is 0 Å². The summed E-state index contributed by atoms with van der Waals surface area (Å²) in [5, 5.41) is 3.53. The molecule has 3 heteroatoms. The highest BCUT2D eigenvalue weighted by molar-refractivity contribution is 5.46. The van der Waals surface area contributed by atoms with Gasteiger partial charge in [0, 0.05) is 17.4 Å². The van der Waals surface area contributed by atoms with Gasteiger partial charge in [0.15, 0.2) is 0 Å². The van der Waals surface area contributed by atoms with Gasteiger partial charge in [-0.1, -0.05) is 18.2 Å². The number of rotatable bonds is 2. The number of benzene rings is 1. The van der Waals surface area contributed by atoms with Crippen molar-refractivity contribution in [3.8, 4) is 0 Å². The Morgan fingerprint density at radius 2 is 1.94 bits per heavy atom. The lowest BCUT2D eigenvalue weighted by Gasteiger charge is -2.26. The van der Waals surface area contributed by atoms with Crippen molar-refractivity contribution >= 4 is 5.69 Å². The van der Waals surface area contributed by atoms with Crippen molar-refractivity contribution in [3.63, 3.8) is 0 Å². The molecule has 1 aliphatic carbocycles. The summed E-state index contributed by atoms with van der Waals surface area (Å²) in [6, 6.07) is 14.1. The number of anilines is 1. The van der Waals surface area contributed by atoms with Crippen LogP contribution in [0.25, 0.3) is 0 Å². The summed E-state index contributed by atoms with van der Waals surface area (Å²) in [5.41, 5.74) is 3.43. The van der Waals surface area contributed by atoms with E-state index >= 15 is 0 Å². The molecule has 0 bridgehead atoms. The fraction of sp³-hybridized carbons (Fsp3) is 0.267. The molecule has 1 aromatic carbocycles. The molecule has 3 rings (SSSR count). The first kappa shape index (κ1) is 11.1. The second-order valence-electron chi connectivity index (χ2n) is 4.71. The van der Waals surface area contributed by atoms with Crippen LogP contribution in [0, 0.1) is 0 Å². The van der Waals surface area contributed by atoms with Gasteiger partial charge in [-0.3, -0.25) is 4.79 Å². The second kappa shape index (κ2) is 4.69. The standard InChI is InChI=1S/C15H16N2O/c18-15-10-9-12-13(7-4-8-14(12)17-15)16-11-5-2-1-3-6-11/h1-3,5-6,9-10,13,16H,4,7-8H2,(H,17,18). The summed E-state index contributed by atoms with van der Waals surface area (Å²) in [6.07, 6.45) is 3.18. The Hall–Kier alpha value is -2.03. The third-order valence-corrected chi connectivity index (χ3v) is 3.45. The van der Waals surface area contributed by atoms with Crippen molar-refractivity contribution in [2.24, 2.45) is 0 Å². The Labute approximate surface area is 106 Å². The third kappa shape index (κ3) is 2.16. The fourth-order valence-corrected chi connectivity index (χ4v) is 2.59. The van der Waals surface area contributed by atoms with Crippen LogP contribution in [0.15, 0.2) is 47.3 Å². The molecule has 1 heterocycles. The Kier molecular flexibility index (Phi) is 2.89. The highest BCUT2D eigenvalue weighted by Gasteiger charge is 2.20. The second-order valence-corrected chi connectivity index (χ2v) is 4.71. The number of para-hydroxylation sites is 1. The van der Waals surface area contributed by atoms with Gasteiger partial charge in [0.2, 0.25) is 5.56 Å². The molecule has 1 aliphatic rings. The van der Waals surface area contributed by atoms with E-state index in [0.29, 0.717) is 6.04 Å². The molecule has 0 aliphatic heterocycles. The molecule has 2 aromatic rings. The molecule has 18 heavy (non-hydrogen) atoms. The first-order valence-electron chi connectivity index (χ1n) is 6.36. The van der Waals surface area contributed by atoms with Gasteiger partial charge in [-0.2, -0.15) is 0 Å². The monoisotopic (exact) mass is 240 g/mol. The molecule has 0 spiro atoms. The Morgan fingerprint density at radius 3 is 2.78 bits per heavy atom. The van der Waals surface area contributed by atoms with E-state index in [1.165, 1.54) is 5.56 Å². The van der Waals surface area contributed by atoms with Crippen LogP contribution in [0.5, 0.6) is 0 Å². The first-order valence-corrected chi connectivity index (χ1v) is 6.36. The Balaban J connectivity index is 1.90. The van der Waals surface area contributed by atoms with Crippen LogP contribution >= 0.6 is 0 Å². The molecular formula is C15H16N2O. The molecule has 0 amide bonds. The molecule has 0 radical (unpaired) electrons. The van der Waals surface area contributed by atoms with Crippen molar-refractivity contribution in [1.82, 2.24) is 4.98 Å². The van der Waals surface area contributed by atoms with Crippen molar-refractivity contribution in [1.29, 1.82) is 0 Å². The Bertz CT molecular complexity index is 589. The topological polar surface area (TPSA) is 44.9 Å². The van der Waals surface area contributed by atoms with Crippen molar-refractivity contribution in [3.05, 3.63) is 64.1 Å². The zero-order chi connectivity index (χ0) is 12.4. The van der Waals surface area contributed by atoms with Crippen LogP contribution in [0.1, 0.15) is 30.1 Å². The van der Waals surface area contributed by atoms with Gasteiger partial charge in [-0.25, -0.2) is 0 Å². The quantitative estimate of drug-likeness (QED) is 0.847. The van der Waals surface area contributed by atoms with Gasteiger partial charge in [-0.15, -0.1) is 0 Å². The average Bonchev–Trinajstić information content (AvgIpc) is 2.40. The predicted molar refractivity (Wildman–Crippen MR) is 72.8 cm³/mol. The SMILES string of the molecule is O=c1ccc2c([nH]1)CCCC2Nc1ccccc1. The number of fused-ring (bicyclic) bond motifs is 1. The van der Waals surface area contributed by atoms with Crippen molar-refractivity contribution in [2.75, 3.05) is 5.32 Å². The third-order valence-electron chi connectivity index (χ3n) is 3.45. The van der Waals surface area contributed by atoms with Crippen LogP contribution in [-0.4, -0.2) is 4.98 Å².